The van der Waals surface area contributed by atoms with E-state index in [4.69, 9.17) is 11.6 Å². The lowest BCUT2D eigenvalue weighted by molar-refractivity contribution is 0.552. The minimum atomic E-state index is -0.692. The van der Waals surface area contributed by atoms with Crippen LogP contribution in [0.1, 0.15) is 19.8 Å². The van der Waals surface area contributed by atoms with Crippen molar-refractivity contribution in [2.24, 2.45) is 0 Å². The van der Waals surface area contributed by atoms with E-state index in [0.717, 1.165) is 12.8 Å². The molecule has 0 spiro atoms. The molecule has 0 unspecified atom stereocenters. The highest BCUT2D eigenvalue weighted by Crippen LogP contribution is 2.10. The maximum Gasteiger partial charge on any atom is 0.271 e. The molecule has 11 heavy (non-hydrogen) atoms. The third-order valence-corrected chi connectivity index (χ3v) is 1.71. The molecule has 0 N–H and O–H groups in total. The molecule has 3 nitrogen and oxygen atoms in total. The van der Waals surface area contributed by atoms with Crippen LogP contribution in [0.15, 0.2) is 0 Å². The van der Waals surface area contributed by atoms with Gasteiger partial charge in [0, 0.05) is 6.54 Å². The standard InChI is InChI=1S/C6H9ClFN3/c1-2-3-4-11-5(7)6(8)9-10-11/h2-4H2,1H3. The van der Waals surface area contributed by atoms with Gasteiger partial charge in [-0.3, -0.25) is 0 Å². The first-order valence-electron chi connectivity index (χ1n) is 3.50. The van der Waals surface area contributed by atoms with Gasteiger partial charge in [-0.05, 0) is 6.42 Å². The first-order chi connectivity index (χ1) is 5.25. The van der Waals surface area contributed by atoms with E-state index in [1.807, 2.05) is 6.92 Å². The largest absolute Gasteiger partial charge is 0.271 e. The molecule has 0 saturated heterocycles. The van der Waals surface area contributed by atoms with Gasteiger partial charge in [-0.1, -0.05) is 35.3 Å². The molecule has 0 fully saturated rings. The summed E-state index contributed by atoms with van der Waals surface area (Å²) in [6, 6.07) is 0. The Morgan fingerprint density at radius 2 is 2.36 bits per heavy atom. The molecule has 0 aliphatic carbocycles. The monoisotopic (exact) mass is 177 g/mol. The van der Waals surface area contributed by atoms with Gasteiger partial charge in [-0.2, -0.15) is 4.39 Å². The summed E-state index contributed by atoms with van der Waals surface area (Å²) in [5.74, 6) is -0.692. The molecule has 0 aromatic carbocycles. The maximum absolute atomic E-state index is 12.4. The minimum Gasteiger partial charge on any atom is -0.231 e. The van der Waals surface area contributed by atoms with E-state index in [-0.39, 0.29) is 5.15 Å². The Bertz CT molecular complexity index is 236. The van der Waals surface area contributed by atoms with Gasteiger partial charge in [0.25, 0.3) is 5.95 Å². The zero-order valence-corrected chi connectivity index (χ0v) is 6.97. The van der Waals surface area contributed by atoms with Gasteiger partial charge in [0.05, 0.1) is 0 Å². The lowest BCUT2D eigenvalue weighted by atomic mass is 10.3. The van der Waals surface area contributed by atoms with Crippen LogP contribution in [0.4, 0.5) is 4.39 Å². The third kappa shape index (κ3) is 1.89. The van der Waals surface area contributed by atoms with Crippen molar-refractivity contribution in [1.82, 2.24) is 15.0 Å². The summed E-state index contributed by atoms with van der Waals surface area (Å²) in [7, 11) is 0. The van der Waals surface area contributed by atoms with Crippen LogP contribution in [0.25, 0.3) is 0 Å². The third-order valence-electron chi connectivity index (χ3n) is 1.36. The van der Waals surface area contributed by atoms with Crippen LogP contribution >= 0.6 is 11.6 Å². The van der Waals surface area contributed by atoms with Gasteiger partial charge >= 0.3 is 0 Å². The van der Waals surface area contributed by atoms with Crippen molar-refractivity contribution in [2.75, 3.05) is 0 Å². The zero-order chi connectivity index (χ0) is 8.27. The smallest absolute Gasteiger partial charge is 0.231 e. The Morgan fingerprint density at radius 1 is 1.64 bits per heavy atom. The van der Waals surface area contributed by atoms with Crippen LogP contribution < -0.4 is 0 Å². The van der Waals surface area contributed by atoms with E-state index in [2.05, 4.69) is 10.3 Å². The second-order valence-corrected chi connectivity index (χ2v) is 2.61. The van der Waals surface area contributed by atoms with Gasteiger partial charge in [0.1, 0.15) is 0 Å². The number of hydrogen-bond acceptors (Lipinski definition) is 2. The highest BCUT2D eigenvalue weighted by Gasteiger charge is 2.07. The predicted octanol–water partition coefficient (Wildman–Crippen LogP) is 1.87. The molecule has 1 heterocycles. The highest BCUT2D eigenvalue weighted by atomic mass is 35.5. The van der Waals surface area contributed by atoms with Crippen molar-refractivity contribution in [2.45, 2.75) is 26.3 Å². The van der Waals surface area contributed by atoms with E-state index in [0.29, 0.717) is 6.54 Å². The fraction of sp³-hybridized carbons (Fsp3) is 0.667. The first-order valence-corrected chi connectivity index (χ1v) is 3.88. The molecule has 0 aliphatic heterocycles. The lowest BCUT2D eigenvalue weighted by Gasteiger charge is -1.97. The number of halogens is 2. The summed E-state index contributed by atoms with van der Waals surface area (Å²) >= 11 is 5.51. The van der Waals surface area contributed by atoms with Crippen LogP contribution in [-0.4, -0.2) is 15.0 Å². The predicted molar refractivity (Wildman–Crippen MR) is 39.9 cm³/mol. The number of nitrogens with zero attached hydrogens (tertiary/aromatic N) is 3. The van der Waals surface area contributed by atoms with Crippen molar-refractivity contribution in [1.29, 1.82) is 0 Å². The van der Waals surface area contributed by atoms with Crippen LogP contribution in [0, 0.1) is 5.95 Å². The van der Waals surface area contributed by atoms with Crippen molar-refractivity contribution >= 4 is 11.6 Å². The number of aromatic nitrogens is 3. The Hall–Kier alpha value is -0.640. The van der Waals surface area contributed by atoms with Crippen molar-refractivity contribution in [3.8, 4) is 0 Å². The van der Waals surface area contributed by atoms with E-state index in [1.54, 1.807) is 0 Å². The Balaban J connectivity index is 2.63. The van der Waals surface area contributed by atoms with Gasteiger partial charge in [0.15, 0.2) is 5.15 Å². The summed E-state index contributed by atoms with van der Waals surface area (Å²) in [6.45, 7) is 2.67. The van der Waals surface area contributed by atoms with Crippen molar-refractivity contribution < 1.29 is 4.39 Å². The summed E-state index contributed by atoms with van der Waals surface area (Å²) in [5, 5.41) is 6.69. The molecular formula is C6H9ClFN3. The Kier molecular flexibility index (Phi) is 2.82. The molecule has 0 saturated carbocycles. The number of aryl methyl sites for hydroxylation is 1. The van der Waals surface area contributed by atoms with Gasteiger partial charge < -0.3 is 0 Å². The molecule has 0 bridgehead atoms. The molecule has 1 aromatic heterocycles. The topological polar surface area (TPSA) is 30.7 Å². The molecule has 0 amide bonds. The molecular weight excluding hydrogens is 169 g/mol. The van der Waals surface area contributed by atoms with Crippen LogP contribution in [-0.2, 0) is 6.54 Å². The second kappa shape index (κ2) is 3.67. The average Bonchev–Trinajstić information content (AvgIpc) is 2.31. The zero-order valence-electron chi connectivity index (χ0n) is 6.22. The fourth-order valence-electron chi connectivity index (χ4n) is 0.731. The summed E-state index contributed by atoms with van der Waals surface area (Å²) in [5.41, 5.74) is 0. The molecule has 0 radical (unpaired) electrons. The first kappa shape index (κ1) is 8.46. The minimum absolute atomic E-state index is 0.00144. The molecule has 62 valence electrons. The Morgan fingerprint density at radius 3 is 2.82 bits per heavy atom. The molecule has 0 aliphatic rings. The van der Waals surface area contributed by atoms with Crippen molar-refractivity contribution in [3.05, 3.63) is 11.1 Å². The van der Waals surface area contributed by atoms with Crippen LogP contribution in [0.5, 0.6) is 0 Å². The second-order valence-electron chi connectivity index (χ2n) is 2.25. The quantitative estimate of drug-likeness (QED) is 0.706. The van der Waals surface area contributed by atoms with Gasteiger partial charge in [-0.15, -0.1) is 0 Å². The normalized spacial score (nSPS) is 10.5. The van der Waals surface area contributed by atoms with Gasteiger partial charge in [0.2, 0.25) is 0 Å². The lowest BCUT2D eigenvalue weighted by Crippen LogP contribution is -1.99. The van der Waals surface area contributed by atoms with E-state index in [1.165, 1.54) is 4.68 Å². The van der Waals surface area contributed by atoms with E-state index >= 15 is 0 Å². The number of rotatable bonds is 3. The average molecular weight is 178 g/mol. The van der Waals surface area contributed by atoms with Gasteiger partial charge in [-0.25, -0.2) is 4.68 Å². The molecule has 1 aromatic rings. The summed E-state index contributed by atoms with van der Waals surface area (Å²) in [4.78, 5) is 0. The Labute approximate surface area is 69.2 Å². The van der Waals surface area contributed by atoms with Crippen molar-refractivity contribution in [3.63, 3.8) is 0 Å². The highest BCUT2D eigenvalue weighted by molar-refractivity contribution is 6.29. The summed E-state index contributed by atoms with van der Waals surface area (Å²) in [6.07, 6.45) is 1.96. The fourth-order valence-corrected chi connectivity index (χ4v) is 0.887. The summed E-state index contributed by atoms with van der Waals surface area (Å²) < 4.78 is 13.8. The van der Waals surface area contributed by atoms with Crippen LogP contribution in [0.3, 0.4) is 0 Å². The van der Waals surface area contributed by atoms with Crippen LogP contribution in [0.2, 0.25) is 5.15 Å². The molecule has 1 rings (SSSR count). The van der Waals surface area contributed by atoms with E-state index < -0.39 is 5.95 Å². The molecule has 5 heteroatoms. The number of hydrogen-bond donors (Lipinski definition) is 0. The SMILES string of the molecule is CCCCn1nnc(F)c1Cl. The number of unbranched alkanes of at least 4 members (excludes halogenated alkanes) is 1. The molecule has 0 atom stereocenters. The maximum atomic E-state index is 12.4. The van der Waals surface area contributed by atoms with E-state index in [9.17, 15) is 4.39 Å².